The third-order valence-corrected chi connectivity index (χ3v) is 3.44. The van der Waals surface area contributed by atoms with Gasteiger partial charge in [0.05, 0.1) is 0 Å². The highest BCUT2D eigenvalue weighted by Crippen LogP contribution is 2.22. The minimum atomic E-state index is -0.427. The number of amides is 2. The van der Waals surface area contributed by atoms with Crippen LogP contribution in [0.25, 0.3) is 22.8 Å². The Balaban J connectivity index is 2.21. The summed E-state index contributed by atoms with van der Waals surface area (Å²) in [6.07, 6.45) is 0. The van der Waals surface area contributed by atoms with E-state index in [1.54, 1.807) is 0 Å². The van der Waals surface area contributed by atoms with E-state index in [2.05, 4.69) is 10.1 Å². The third kappa shape index (κ3) is 2.94. The van der Waals surface area contributed by atoms with Crippen molar-refractivity contribution >= 4 is 11.8 Å². The highest BCUT2D eigenvalue weighted by molar-refractivity contribution is 6.06. The molecule has 0 bridgehead atoms. The molecule has 0 radical (unpaired) electrons. The van der Waals surface area contributed by atoms with Gasteiger partial charge in [-0.25, -0.2) is 4.98 Å². The fourth-order valence-corrected chi connectivity index (χ4v) is 2.41. The minimum absolute atomic E-state index is 0.427. The van der Waals surface area contributed by atoms with Crippen LogP contribution in [0.4, 0.5) is 0 Å². The molecule has 6 nitrogen and oxygen atoms in total. The molecule has 0 unspecified atom stereocenters. The largest absolute Gasteiger partial charge is 0.273 e. The van der Waals surface area contributed by atoms with Crippen LogP contribution < -0.4 is 5.01 Å². The van der Waals surface area contributed by atoms with E-state index in [0.717, 1.165) is 16.1 Å². The Bertz CT molecular complexity index is 859. The molecule has 0 spiro atoms. The minimum Gasteiger partial charge on any atom is -0.273 e. The lowest BCUT2D eigenvalue weighted by Gasteiger charge is -2.18. The van der Waals surface area contributed by atoms with Crippen molar-refractivity contribution in [3.63, 3.8) is 0 Å². The Morgan fingerprint density at radius 3 is 1.83 bits per heavy atom. The predicted molar refractivity (Wildman–Crippen MR) is 90.5 cm³/mol. The summed E-state index contributed by atoms with van der Waals surface area (Å²) >= 11 is 0. The summed E-state index contributed by atoms with van der Waals surface area (Å²) < 4.78 is 0. The van der Waals surface area contributed by atoms with Crippen LogP contribution in [0.2, 0.25) is 0 Å². The molecule has 0 aliphatic carbocycles. The van der Waals surface area contributed by atoms with Crippen LogP contribution in [0.3, 0.4) is 0 Å². The van der Waals surface area contributed by atoms with Gasteiger partial charge in [0.2, 0.25) is 11.8 Å². The molecule has 0 aliphatic heterocycles. The number of carbonyl (C=O) groups excluding carboxylic acids is 2. The molecule has 0 aliphatic rings. The fourth-order valence-electron chi connectivity index (χ4n) is 2.41. The SMILES string of the molecule is CC(=O)N(C(C)=O)n1nc(-c2ccccc2)nc1-c1ccccc1. The molecule has 1 aromatic heterocycles. The standard InChI is InChI=1S/C18H16N4O2/c1-13(23)21(14(2)24)22-18(16-11-7-4-8-12-16)19-17(20-22)15-9-5-3-6-10-15/h3-12H,1-2H3. The zero-order valence-electron chi connectivity index (χ0n) is 13.4. The zero-order valence-corrected chi connectivity index (χ0v) is 13.4. The summed E-state index contributed by atoms with van der Waals surface area (Å²) in [6, 6.07) is 18.7. The maximum Gasteiger partial charge on any atom is 0.246 e. The number of hydrogen-bond donors (Lipinski definition) is 0. The third-order valence-electron chi connectivity index (χ3n) is 3.44. The van der Waals surface area contributed by atoms with E-state index in [9.17, 15) is 9.59 Å². The lowest BCUT2D eigenvalue weighted by atomic mass is 10.2. The van der Waals surface area contributed by atoms with Crippen molar-refractivity contribution in [2.45, 2.75) is 13.8 Å². The number of hydrogen-bond acceptors (Lipinski definition) is 4. The second-order valence-electron chi connectivity index (χ2n) is 5.23. The van der Waals surface area contributed by atoms with Crippen LogP contribution >= 0.6 is 0 Å². The Labute approximate surface area is 139 Å². The summed E-state index contributed by atoms with van der Waals surface area (Å²) in [5.74, 6) is 0.0233. The first-order valence-corrected chi connectivity index (χ1v) is 7.47. The Morgan fingerprint density at radius 2 is 1.33 bits per heavy atom. The normalized spacial score (nSPS) is 10.4. The number of rotatable bonds is 3. The van der Waals surface area contributed by atoms with Crippen molar-refractivity contribution < 1.29 is 9.59 Å². The molecule has 3 rings (SSSR count). The van der Waals surface area contributed by atoms with Crippen molar-refractivity contribution in [2.24, 2.45) is 0 Å². The number of aromatic nitrogens is 3. The van der Waals surface area contributed by atoms with Crippen LogP contribution in [0, 0.1) is 0 Å². The number of imide groups is 1. The van der Waals surface area contributed by atoms with E-state index >= 15 is 0 Å². The number of nitrogens with zero attached hydrogens (tertiary/aromatic N) is 4. The van der Waals surface area contributed by atoms with Crippen LogP contribution in [-0.4, -0.2) is 26.7 Å². The summed E-state index contributed by atoms with van der Waals surface area (Å²) in [7, 11) is 0. The molecule has 2 aromatic carbocycles. The monoisotopic (exact) mass is 320 g/mol. The highest BCUT2D eigenvalue weighted by Gasteiger charge is 2.23. The van der Waals surface area contributed by atoms with E-state index < -0.39 is 11.8 Å². The first kappa shape index (κ1) is 15.6. The first-order chi connectivity index (χ1) is 11.6. The molecule has 0 atom stereocenters. The van der Waals surface area contributed by atoms with E-state index in [4.69, 9.17) is 0 Å². The summed E-state index contributed by atoms with van der Waals surface area (Å²) in [5, 5.41) is 5.36. The van der Waals surface area contributed by atoms with Gasteiger partial charge in [-0.1, -0.05) is 60.7 Å². The summed E-state index contributed by atoms with van der Waals surface area (Å²) in [5.41, 5.74) is 1.57. The molecule has 1 heterocycles. The maximum atomic E-state index is 11.9. The summed E-state index contributed by atoms with van der Waals surface area (Å²) in [4.78, 5) is 29.7. The second-order valence-corrected chi connectivity index (χ2v) is 5.23. The molecule has 0 saturated heterocycles. The average molecular weight is 320 g/mol. The molecule has 24 heavy (non-hydrogen) atoms. The van der Waals surface area contributed by atoms with Gasteiger partial charge < -0.3 is 0 Å². The Hall–Kier alpha value is -3.28. The van der Waals surface area contributed by atoms with Gasteiger partial charge in [-0.2, -0.15) is 5.01 Å². The number of benzene rings is 2. The highest BCUT2D eigenvalue weighted by atomic mass is 16.2. The molecular weight excluding hydrogens is 304 g/mol. The summed E-state index contributed by atoms with van der Waals surface area (Å²) in [6.45, 7) is 2.64. The van der Waals surface area contributed by atoms with Crippen LogP contribution in [-0.2, 0) is 9.59 Å². The van der Waals surface area contributed by atoms with Gasteiger partial charge in [0.25, 0.3) is 0 Å². The topological polar surface area (TPSA) is 68.1 Å². The quantitative estimate of drug-likeness (QED) is 0.744. The second kappa shape index (κ2) is 6.45. The van der Waals surface area contributed by atoms with E-state index in [-0.39, 0.29) is 0 Å². The zero-order chi connectivity index (χ0) is 17.1. The van der Waals surface area contributed by atoms with Gasteiger partial charge in [0.15, 0.2) is 11.6 Å². The van der Waals surface area contributed by atoms with Crippen LogP contribution in [0.15, 0.2) is 60.7 Å². The van der Waals surface area contributed by atoms with Crippen LogP contribution in [0.1, 0.15) is 13.8 Å². The molecule has 120 valence electrons. The van der Waals surface area contributed by atoms with Crippen molar-refractivity contribution in [2.75, 3.05) is 5.01 Å². The van der Waals surface area contributed by atoms with Crippen molar-refractivity contribution in [1.29, 1.82) is 0 Å². The van der Waals surface area contributed by atoms with Gasteiger partial charge in [-0.15, -0.1) is 9.89 Å². The van der Waals surface area contributed by atoms with Gasteiger partial charge in [-0.05, 0) is 0 Å². The lowest BCUT2D eigenvalue weighted by Crippen LogP contribution is -2.43. The molecule has 0 fully saturated rings. The van der Waals surface area contributed by atoms with E-state index in [1.807, 2.05) is 60.7 Å². The lowest BCUT2D eigenvalue weighted by molar-refractivity contribution is -0.126. The fraction of sp³-hybridized carbons (Fsp3) is 0.111. The molecule has 3 aromatic rings. The van der Waals surface area contributed by atoms with Gasteiger partial charge >= 0.3 is 0 Å². The Morgan fingerprint density at radius 1 is 0.833 bits per heavy atom. The molecule has 0 saturated carbocycles. The van der Waals surface area contributed by atoms with Crippen molar-refractivity contribution in [1.82, 2.24) is 14.9 Å². The predicted octanol–water partition coefficient (Wildman–Crippen LogP) is 2.64. The maximum absolute atomic E-state index is 11.9. The van der Waals surface area contributed by atoms with Crippen molar-refractivity contribution in [3.8, 4) is 22.8 Å². The van der Waals surface area contributed by atoms with Gasteiger partial charge in [0.1, 0.15) is 0 Å². The smallest absolute Gasteiger partial charge is 0.246 e. The van der Waals surface area contributed by atoms with E-state index in [1.165, 1.54) is 18.6 Å². The molecule has 6 heteroatoms. The first-order valence-electron chi connectivity index (χ1n) is 7.47. The van der Waals surface area contributed by atoms with Crippen LogP contribution in [0.5, 0.6) is 0 Å². The average Bonchev–Trinajstić information content (AvgIpc) is 3.00. The molecular formula is C18H16N4O2. The number of carbonyl (C=O) groups is 2. The van der Waals surface area contributed by atoms with Gasteiger partial charge in [0, 0.05) is 25.0 Å². The van der Waals surface area contributed by atoms with E-state index in [0.29, 0.717) is 11.6 Å². The van der Waals surface area contributed by atoms with Crippen molar-refractivity contribution in [3.05, 3.63) is 60.7 Å². The van der Waals surface area contributed by atoms with Gasteiger partial charge in [-0.3, -0.25) is 9.59 Å². The molecule has 0 N–H and O–H groups in total. The Kier molecular flexibility index (Phi) is 4.20. The molecule has 2 amide bonds.